The van der Waals surface area contributed by atoms with Crippen molar-refractivity contribution in [3.8, 4) is 11.5 Å². The van der Waals surface area contributed by atoms with E-state index in [4.69, 9.17) is 9.47 Å². The fourth-order valence-corrected chi connectivity index (χ4v) is 4.10. The first-order chi connectivity index (χ1) is 13.7. The number of benzene rings is 2. The third kappa shape index (κ3) is 3.01. The first kappa shape index (κ1) is 16.9. The van der Waals surface area contributed by atoms with Crippen molar-refractivity contribution in [3.63, 3.8) is 0 Å². The molecule has 0 bridgehead atoms. The van der Waals surface area contributed by atoms with E-state index in [0.717, 1.165) is 59.6 Å². The zero-order chi connectivity index (χ0) is 19.1. The van der Waals surface area contributed by atoms with Crippen LogP contribution in [0.5, 0.6) is 11.5 Å². The van der Waals surface area contributed by atoms with Crippen LogP contribution < -0.4 is 19.7 Å². The number of ether oxygens (including phenoxy) is 2. The second-order valence-corrected chi connectivity index (χ2v) is 7.23. The highest BCUT2D eigenvalue weighted by atomic mass is 16.7. The lowest BCUT2D eigenvalue weighted by molar-refractivity contribution is -0.119. The van der Waals surface area contributed by atoms with Crippen LogP contribution in [0.1, 0.15) is 29.5 Å². The lowest BCUT2D eigenvalue weighted by Crippen LogP contribution is -2.39. The molecule has 142 valence electrons. The fraction of sp³-hybridized carbons (Fsp3) is 0.273. The number of anilines is 2. The third-order valence-electron chi connectivity index (χ3n) is 5.37. The molecule has 0 spiro atoms. The summed E-state index contributed by atoms with van der Waals surface area (Å²) in [6.07, 6.45) is 6.42. The third-order valence-corrected chi connectivity index (χ3v) is 5.37. The van der Waals surface area contributed by atoms with Gasteiger partial charge in [-0.1, -0.05) is 6.07 Å². The van der Waals surface area contributed by atoms with E-state index in [2.05, 4.69) is 5.32 Å². The maximum absolute atomic E-state index is 12.4. The van der Waals surface area contributed by atoms with Crippen LogP contribution in [0.2, 0.25) is 0 Å². The van der Waals surface area contributed by atoms with Crippen LogP contribution >= 0.6 is 0 Å². The molecule has 0 saturated heterocycles. The minimum absolute atomic E-state index is 0.190. The van der Waals surface area contributed by atoms with Crippen molar-refractivity contribution in [2.75, 3.05) is 23.6 Å². The van der Waals surface area contributed by atoms with Gasteiger partial charge in [-0.25, -0.2) is 0 Å². The number of rotatable bonds is 3. The second kappa shape index (κ2) is 6.71. The molecule has 0 atom stereocenters. The van der Waals surface area contributed by atoms with E-state index < -0.39 is 0 Å². The molecule has 0 fully saturated rings. The Kier molecular flexibility index (Phi) is 4.04. The Morgan fingerprint density at radius 2 is 1.86 bits per heavy atom. The van der Waals surface area contributed by atoms with Gasteiger partial charge in [0.2, 0.25) is 18.6 Å². The Hall–Kier alpha value is -3.28. The molecule has 3 heterocycles. The van der Waals surface area contributed by atoms with E-state index in [1.165, 1.54) is 6.08 Å². The Labute approximate surface area is 162 Å². The van der Waals surface area contributed by atoms with Crippen molar-refractivity contribution in [1.82, 2.24) is 0 Å². The Morgan fingerprint density at radius 3 is 2.75 bits per heavy atom. The normalized spacial score (nSPS) is 17.0. The summed E-state index contributed by atoms with van der Waals surface area (Å²) in [5.41, 5.74) is 5.01. The van der Waals surface area contributed by atoms with Crippen LogP contribution in [0.15, 0.2) is 36.4 Å². The number of nitrogens with one attached hydrogen (secondary N) is 1. The van der Waals surface area contributed by atoms with Crippen molar-refractivity contribution in [3.05, 3.63) is 53.1 Å². The average molecular weight is 376 g/mol. The maximum Gasteiger partial charge on any atom is 0.248 e. The SMILES string of the molecule is O=C(/C=C/c1ccc2c(c1)OCO2)Nc1cc2c3c(c1)CCC(=O)N3CCC2. The number of amides is 2. The molecule has 3 aliphatic heterocycles. The van der Waals surface area contributed by atoms with Gasteiger partial charge in [0.15, 0.2) is 11.5 Å². The molecule has 0 aliphatic carbocycles. The lowest BCUT2D eigenvalue weighted by atomic mass is 9.91. The lowest BCUT2D eigenvalue weighted by Gasteiger charge is -2.35. The molecular weight excluding hydrogens is 356 g/mol. The van der Waals surface area contributed by atoms with Crippen molar-refractivity contribution in [1.29, 1.82) is 0 Å². The van der Waals surface area contributed by atoms with Gasteiger partial charge in [0, 0.05) is 24.7 Å². The van der Waals surface area contributed by atoms with Crippen LogP contribution in [-0.2, 0) is 22.4 Å². The summed E-state index contributed by atoms with van der Waals surface area (Å²) in [5.74, 6) is 1.42. The van der Waals surface area contributed by atoms with Crippen LogP contribution in [0.3, 0.4) is 0 Å². The van der Waals surface area contributed by atoms with Gasteiger partial charge >= 0.3 is 0 Å². The molecular formula is C22H20N2O4. The molecule has 28 heavy (non-hydrogen) atoms. The first-order valence-corrected chi connectivity index (χ1v) is 9.52. The van der Waals surface area contributed by atoms with Crippen LogP contribution in [0, 0.1) is 0 Å². The van der Waals surface area contributed by atoms with Crippen molar-refractivity contribution in [2.24, 2.45) is 0 Å². The topological polar surface area (TPSA) is 67.9 Å². The van der Waals surface area contributed by atoms with Crippen LogP contribution in [0.25, 0.3) is 6.08 Å². The quantitative estimate of drug-likeness (QED) is 0.835. The van der Waals surface area contributed by atoms with Gasteiger partial charge < -0.3 is 19.7 Å². The van der Waals surface area contributed by atoms with Crippen molar-refractivity contribution in [2.45, 2.75) is 25.7 Å². The molecule has 6 nitrogen and oxygen atoms in total. The van der Waals surface area contributed by atoms with E-state index in [1.54, 1.807) is 6.08 Å². The average Bonchev–Trinajstić information content (AvgIpc) is 3.17. The van der Waals surface area contributed by atoms with E-state index >= 15 is 0 Å². The predicted octanol–water partition coefficient (Wildman–Crippen LogP) is 3.29. The van der Waals surface area contributed by atoms with Gasteiger partial charge in [-0.2, -0.15) is 0 Å². The monoisotopic (exact) mass is 376 g/mol. The van der Waals surface area contributed by atoms with Crippen molar-refractivity contribution < 1.29 is 19.1 Å². The molecule has 2 amide bonds. The standard InChI is InChI=1S/C22H20N2O4/c25-20(7-4-14-3-6-18-19(10-14)28-13-27-18)23-17-11-15-2-1-9-24-21(26)8-5-16(12-17)22(15)24/h3-4,6-7,10-12H,1-2,5,8-9,13H2,(H,23,25)/b7-4+. The molecule has 0 aromatic heterocycles. The summed E-state index contributed by atoms with van der Waals surface area (Å²) in [7, 11) is 0. The second-order valence-electron chi connectivity index (χ2n) is 7.23. The zero-order valence-electron chi connectivity index (χ0n) is 15.4. The summed E-state index contributed by atoms with van der Waals surface area (Å²) in [5, 5.41) is 2.95. The molecule has 6 heteroatoms. The number of fused-ring (bicyclic) bond motifs is 1. The van der Waals surface area contributed by atoms with Gasteiger partial charge in [0.1, 0.15) is 0 Å². The van der Waals surface area contributed by atoms with Gasteiger partial charge in [-0.3, -0.25) is 9.59 Å². The van der Waals surface area contributed by atoms with E-state index in [1.807, 2.05) is 35.2 Å². The molecule has 0 saturated carbocycles. The van der Waals surface area contributed by atoms with Gasteiger partial charge in [-0.05, 0) is 66.3 Å². The molecule has 5 rings (SSSR count). The van der Waals surface area contributed by atoms with Gasteiger partial charge in [-0.15, -0.1) is 0 Å². The Bertz CT molecular complexity index is 995. The highest BCUT2D eigenvalue weighted by molar-refractivity contribution is 6.03. The van der Waals surface area contributed by atoms with Gasteiger partial charge in [0.25, 0.3) is 0 Å². The molecule has 0 radical (unpaired) electrons. The summed E-state index contributed by atoms with van der Waals surface area (Å²) >= 11 is 0. The van der Waals surface area contributed by atoms with E-state index in [0.29, 0.717) is 12.2 Å². The number of carbonyl (C=O) groups excluding carboxylic acids is 2. The smallest absolute Gasteiger partial charge is 0.248 e. The number of carbonyl (C=O) groups is 2. The maximum atomic E-state index is 12.4. The molecule has 1 N–H and O–H groups in total. The highest BCUT2D eigenvalue weighted by Gasteiger charge is 2.29. The molecule has 2 aromatic rings. The predicted molar refractivity (Wildman–Crippen MR) is 106 cm³/mol. The summed E-state index contributed by atoms with van der Waals surface area (Å²) in [4.78, 5) is 26.5. The van der Waals surface area contributed by atoms with Crippen LogP contribution in [0.4, 0.5) is 11.4 Å². The molecule has 2 aromatic carbocycles. The van der Waals surface area contributed by atoms with Crippen LogP contribution in [-0.4, -0.2) is 25.2 Å². The largest absolute Gasteiger partial charge is 0.454 e. The number of hydrogen-bond acceptors (Lipinski definition) is 4. The molecule has 0 unspecified atom stereocenters. The van der Waals surface area contributed by atoms with Crippen molar-refractivity contribution >= 4 is 29.3 Å². The fourth-order valence-electron chi connectivity index (χ4n) is 4.10. The molecule has 3 aliphatic rings. The van der Waals surface area contributed by atoms with E-state index in [-0.39, 0.29) is 18.6 Å². The van der Waals surface area contributed by atoms with Gasteiger partial charge in [0.05, 0.1) is 5.69 Å². The number of aryl methyl sites for hydroxylation is 2. The highest BCUT2D eigenvalue weighted by Crippen LogP contribution is 2.38. The zero-order valence-corrected chi connectivity index (χ0v) is 15.4. The minimum Gasteiger partial charge on any atom is -0.454 e. The summed E-state index contributed by atoms with van der Waals surface area (Å²) < 4.78 is 10.7. The minimum atomic E-state index is -0.190. The van der Waals surface area contributed by atoms with E-state index in [9.17, 15) is 9.59 Å². The Balaban J connectivity index is 1.34. The number of nitrogens with zero attached hydrogens (tertiary/aromatic N) is 1. The summed E-state index contributed by atoms with van der Waals surface area (Å²) in [6, 6.07) is 9.56. The first-order valence-electron chi connectivity index (χ1n) is 9.52. The number of hydrogen-bond donors (Lipinski definition) is 1. The summed E-state index contributed by atoms with van der Waals surface area (Å²) in [6.45, 7) is 1.02. The Morgan fingerprint density at radius 1 is 1.04 bits per heavy atom.